The van der Waals surface area contributed by atoms with E-state index in [1.54, 1.807) is 7.11 Å². The summed E-state index contributed by atoms with van der Waals surface area (Å²) in [4.78, 5) is 0. The minimum atomic E-state index is 0.472. The number of aromatic nitrogens is 2. The van der Waals surface area contributed by atoms with Crippen LogP contribution in [0, 0.1) is 0 Å². The Balaban J connectivity index is 2.59. The van der Waals surface area contributed by atoms with Gasteiger partial charge in [-0.05, 0) is 6.07 Å². The zero-order chi connectivity index (χ0) is 7.40. The molecule has 0 radical (unpaired) electrons. The molecule has 0 aromatic carbocycles. The normalized spacial score (nSPS) is 10.2. The molecular weight excluding hydrogens is 130 g/mol. The first kappa shape index (κ1) is 7.24. The molecule has 1 heterocycles. The van der Waals surface area contributed by atoms with Gasteiger partial charge in [-0.2, -0.15) is 5.10 Å². The minimum Gasteiger partial charge on any atom is -0.378 e. The van der Waals surface area contributed by atoms with E-state index in [9.17, 15) is 0 Å². The third-order valence-electron chi connectivity index (χ3n) is 1.19. The van der Waals surface area contributed by atoms with Crippen molar-refractivity contribution in [2.24, 2.45) is 5.73 Å². The van der Waals surface area contributed by atoms with Crippen LogP contribution in [0.25, 0.3) is 0 Å². The fourth-order valence-electron chi connectivity index (χ4n) is 0.743. The van der Waals surface area contributed by atoms with Crippen molar-refractivity contribution in [1.82, 2.24) is 10.2 Å². The van der Waals surface area contributed by atoms with Crippen molar-refractivity contribution in [1.29, 1.82) is 0 Å². The predicted octanol–water partition coefficient (Wildman–Crippen LogP) is 0.0148. The van der Waals surface area contributed by atoms with Gasteiger partial charge < -0.3 is 10.5 Å². The number of aromatic amines is 1. The molecular formula is C6H11N3O. The van der Waals surface area contributed by atoms with E-state index in [2.05, 4.69) is 10.2 Å². The molecule has 0 bridgehead atoms. The van der Waals surface area contributed by atoms with Gasteiger partial charge in [-0.25, -0.2) is 0 Å². The fraction of sp³-hybridized carbons (Fsp3) is 0.500. The number of hydrogen-bond acceptors (Lipinski definition) is 3. The summed E-state index contributed by atoms with van der Waals surface area (Å²) in [6.07, 6.45) is 0. The van der Waals surface area contributed by atoms with Crippen molar-refractivity contribution >= 4 is 0 Å². The average Bonchev–Trinajstić information content (AvgIpc) is 2.37. The maximum absolute atomic E-state index is 5.34. The van der Waals surface area contributed by atoms with Crippen LogP contribution in [0.5, 0.6) is 0 Å². The minimum absolute atomic E-state index is 0.472. The average molecular weight is 141 g/mol. The van der Waals surface area contributed by atoms with Gasteiger partial charge in [0, 0.05) is 13.7 Å². The van der Waals surface area contributed by atoms with Gasteiger partial charge in [0.05, 0.1) is 18.0 Å². The molecule has 1 rings (SSSR count). The molecule has 4 nitrogen and oxygen atoms in total. The molecule has 4 heteroatoms. The molecule has 0 aliphatic rings. The van der Waals surface area contributed by atoms with E-state index in [1.165, 1.54) is 0 Å². The summed E-state index contributed by atoms with van der Waals surface area (Å²) in [5, 5.41) is 6.73. The van der Waals surface area contributed by atoms with Gasteiger partial charge in [0.25, 0.3) is 0 Å². The zero-order valence-corrected chi connectivity index (χ0v) is 5.92. The molecule has 10 heavy (non-hydrogen) atoms. The highest BCUT2D eigenvalue weighted by atomic mass is 16.5. The summed E-state index contributed by atoms with van der Waals surface area (Å²) in [5.41, 5.74) is 7.16. The predicted molar refractivity (Wildman–Crippen MR) is 37.2 cm³/mol. The largest absolute Gasteiger partial charge is 0.378 e. The lowest BCUT2D eigenvalue weighted by atomic mass is 10.4. The number of nitrogens with zero attached hydrogens (tertiary/aromatic N) is 1. The summed E-state index contributed by atoms with van der Waals surface area (Å²) < 4.78 is 4.87. The number of hydrogen-bond donors (Lipinski definition) is 2. The molecule has 0 atom stereocenters. The van der Waals surface area contributed by atoms with Gasteiger partial charge >= 0.3 is 0 Å². The van der Waals surface area contributed by atoms with Crippen molar-refractivity contribution < 1.29 is 4.74 Å². The summed E-state index contributed by atoms with van der Waals surface area (Å²) in [7, 11) is 1.64. The van der Waals surface area contributed by atoms with E-state index in [0.717, 1.165) is 11.4 Å². The Kier molecular flexibility index (Phi) is 2.42. The Morgan fingerprint density at radius 3 is 3.10 bits per heavy atom. The molecule has 0 spiro atoms. The van der Waals surface area contributed by atoms with E-state index >= 15 is 0 Å². The first-order chi connectivity index (χ1) is 4.86. The van der Waals surface area contributed by atoms with E-state index in [4.69, 9.17) is 10.5 Å². The number of rotatable bonds is 3. The lowest BCUT2D eigenvalue weighted by Gasteiger charge is -1.89. The van der Waals surface area contributed by atoms with Crippen molar-refractivity contribution in [2.45, 2.75) is 13.2 Å². The van der Waals surface area contributed by atoms with Crippen LogP contribution in [-0.4, -0.2) is 17.3 Å². The number of nitrogens with one attached hydrogen (secondary N) is 1. The molecule has 0 saturated heterocycles. The fourth-order valence-corrected chi connectivity index (χ4v) is 0.743. The van der Waals surface area contributed by atoms with Crippen molar-refractivity contribution in [3.05, 3.63) is 17.5 Å². The van der Waals surface area contributed by atoms with Crippen LogP contribution in [0.4, 0.5) is 0 Å². The highest BCUT2D eigenvalue weighted by Gasteiger charge is 1.96. The van der Waals surface area contributed by atoms with Gasteiger partial charge in [0.1, 0.15) is 0 Å². The third-order valence-corrected chi connectivity index (χ3v) is 1.19. The van der Waals surface area contributed by atoms with Crippen LogP contribution >= 0.6 is 0 Å². The van der Waals surface area contributed by atoms with E-state index < -0.39 is 0 Å². The van der Waals surface area contributed by atoms with E-state index in [-0.39, 0.29) is 0 Å². The number of nitrogens with two attached hydrogens (primary N) is 1. The molecule has 0 fully saturated rings. The van der Waals surface area contributed by atoms with E-state index in [0.29, 0.717) is 13.2 Å². The lowest BCUT2D eigenvalue weighted by molar-refractivity contribution is 0.181. The van der Waals surface area contributed by atoms with Crippen molar-refractivity contribution in [3.63, 3.8) is 0 Å². The maximum Gasteiger partial charge on any atom is 0.0878 e. The van der Waals surface area contributed by atoms with Gasteiger partial charge in [0.2, 0.25) is 0 Å². The Morgan fingerprint density at radius 1 is 1.80 bits per heavy atom. The van der Waals surface area contributed by atoms with Gasteiger partial charge in [-0.15, -0.1) is 0 Å². The highest BCUT2D eigenvalue weighted by Crippen LogP contribution is 1.98. The number of ether oxygens (including phenoxy) is 1. The molecule has 0 aliphatic heterocycles. The van der Waals surface area contributed by atoms with Crippen molar-refractivity contribution in [2.75, 3.05) is 7.11 Å². The number of methoxy groups -OCH3 is 1. The van der Waals surface area contributed by atoms with Crippen LogP contribution < -0.4 is 5.73 Å². The second kappa shape index (κ2) is 3.34. The SMILES string of the molecule is COCc1cc(CN)n[nH]1. The summed E-state index contributed by atoms with van der Waals surface area (Å²) >= 11 is 0. The number of H-pyrrole nitrogens is 1. The lowest BCUT2D eigenvalue weighted by Crippen LogP contribution is -1.95. The zero-order valence-electron chi connectivity index (χ0n) is 5.92. The Labute approximate surface area is 59.4 Å². The second-order valence-electron chi connectivity index (χ2n) is 2.02. The topological polar surface area (TPSA) is 63.9 Å². The van der Waals surface area contributed by atoms with Gasteiger partial charge in [-0.1, -0.05) is 0 Å². The van der Waals surface area contributed by atoms with E-state index in [1.807, 2.05) is 6.07 Å². The summed E-state index contributed by atoms with van der Waals surface area (Å²) in [6.45, 7) is 1.03. The van der Waals surface area contributed by atoms with Crippen molar-refractivity contribution in [3.8, 4) is 0 Å². The summed E-state index contributed by atoms with van der Waals surface area (Å²) in [5.74, 6) is 0. The van der Waals surface area contributed by atoms with Gasteiger partial charge in [0.15, 0.2) is 0 Å². The maximum atomic E-state index is 5.34. The second-order valence-corrected chi connectivity index (χ2v) is 2.02. The molecule has 3 N–H and O–H groups in total. The Bertz CT molecular complexity index is 197. The first-order valence-corrected chi connectivity index (χ1v) is 3.09. The molecule has 0 amide bonds. The van der Waals surface area contributed by atoms with Crippen LogP contribution in [0.2, 0.25) is 0 Å². The first-order valence-electron chi connectivity index (χ1n) is 3.09. The molecule has 1 aromatic heterocycles. The Hall–Kier alpha value is -0.870. The standard InChI is InChI=1S/C6H11N3O/c1-10-4-6-2-5(3-7)8-9-6/h2H,3-4,7H2,1H3,(H,8,9). The molecule has 0 unspecified atom stereocenters. The Morgan fingerprint density at radius 2 is 2.60 bits per heavy atom. The molecule has 1 aromatic rings. The van der Waals surface area contributed by atoms with Crippen LogP contribution in [0.1, 0.15) is 11.4 Å². The molecule has 0 aliphatic carbocycles. The smallest absolute Gasteiger partial charge is 0.0878 e. The third kappa shape index (κ3) is 1.55. The molecule has 0 saturated carbocycles. The molecule has 56 valence electrons. The van der Waals surface area contributed by atoms with Crippen LogP contribution in [0.3, 0.4) is 0 Å². The monoisotopic (exact) mass is 141 g/mol. The highest BCUT2D eigenvalue weighted by molar-refractivity contribution is 5.06. The van der Waals surface area contributed by atoms with Crippen LogP contribution in [-0.2, 0) is 17.9 Å². The quantitative estimate of drug-likeness (QED) is 0.623. The van der Waals surface area contributed by atoms with Gasteiger partial charge in [-0.3, -0.25) is 5.10 Å². The summed E-state index contributed by atoms with van der Waals surface area (Å²) in [6, 6.07) is 1.89. The van der Waals surface area contributed by atoms with Crippen LogP contribution in [0.15, 0.2) is 6.07 Å².